The van der Waals surface area contributed by atoms with Crippen molar-refractivity contribution in [2.75, 3.05) is 20.8 Å². The molecule has 0 aromatic carbocycles. The van der Waals surface area contributed by atoms with Gasteiger partial charge in [-0.25, -0.2) is 0 Å². The summed E-state index contributed by atoms with van der Waals surface area (Å²) < 4.78 is 10.2. The minimum Gasteiger partial charge on any atom is -0.469 e. The van der Waals surface area contributed by atoms with E-state index in [9.17, 15) is 19.2 Å². The summed E-state index contributed by atoms with van der Waals surface area (Å²) >= 11 is 0. The number of rotatable bonds is 11. The van der Waals surface area contributed by atoms with E-state index < -0.39 is 0 Å². The van der Waals surface area contributed by atoms with Crippen molar-refractivity contribution in [3.8, 4) is 0 Å². The number of carbonyl (C=O) groups excluding carboxylic acids is 4. The average Bonchev–Trinajstić information content (AvgIpc) is 3.06. The number of fused-ring (bicyclic) bond motifs is 7. The Balaban J connectivity index is 1.23. The summed E-state index contributed by atoms with van der Waals surface area (Å²) in [5.74, 6) is 1.14. The lowest BCUT2D eigenvalue weighted by Crippen LogP contribution is -2.66. The lowest BCUT2D eigenvalue weighted by atomic mass is 9.33. The van der Waals surface area contributed by atoms with Gasteiger partial charge in [-0.15, -0.1) is 0 Å². The van der Waals surface area contributed by atoms with Crippen LogP contribution in [0.4, 0.5) is 0 Å². The van der Waals surface area contributed by atoms with Crippen molar-refractivity contribution < 1.29 is 28.7 Å². The number of carbonyl (C=O) groups is 4. The second-order valence-electron chi connectivity index (χ2n) is 19.1. The van der Waals surface area contributed by atoms with Crippen LogP contribution in [0.2, 0.25) is 0 Å². The Morgan fingerprint density at radius 2 is 1.44 bits per heavy atom. The third-order valence-corrected chi connectivity index (χ3v) is 15.8. The van der Waals surface area contributed by atoms with Crippen molar-refractivity contribution >= 4 is 23.8 Å². The van der Waals surface area contributed by atoms with Crippen LogP contribution in [-0.4, -0.2) is 50.6 Å². The normalized spacial score (nSPS) is 38.1. The number of nitrogens with one attached hydrogen (secondary N) is 2. The molecule has 4 saturated carbocycles. The van der Waals surface area contributed by atoms with Gasteiger partial charge in [-0.05, 0) is 128 Å². The Morgan fingerprint density at radius 1 is 0.760 bits per heavy atom. The van der Waals surface area contributed by atoms with E-state index >= 15 is 0 Å². The molecule has 3 unspecified atom stereocenters. The van der Waals surface area contributed by atoms with E-state index in [0.717, 1.165) is 51.4 Å². The van der Waals surface area contributed by atoms with Gasteiger partial charge in [0, 0.05) is 31.8 Å². The van der Waals surface area contributed by atoms with Crippen LogP contribution in [0.1, 0.15) is 151 Å². The van der Waals surface area contributed by atoms with Gasteiger partial charge in [-0.3, -0.25) is 19.2 Å². The number of esters is 2. The van der Waals surface area contributed by atoms with E-state index in [1.165, 1.54) is 20.0 Å². The monoisotopic (exact) mass is 697 g/mol. The van der Waals surface area contributed by atoms with Crippen molar-refractivity contribution in [3.05, 3.63) is 11.6 Å². The van der Waals surface area contributed by atoms with Gasteiger partial charge >= 0.3 is 11.9 Å². The van der Waals surface area contributed by atoms with Gasteiger partial charge in [0.2, 0.25) is 11.8 Å². The first-order chi connectivity index (χ1) is 23.4. The van der Waals surface area contributed by atoms with Gasteiger partial charge in [-0.1, -0.05) is 60.1 Å². The van der Waals surface area contributed by atoms with Crippen LogP contribution < -0.4 is 10.6 Å². The summed E-state index contributed by atoms with van der Waals surface area (Å²) in [6, 6.07) is 0.139. The molecule has 0 heterocycles. The zero-order chi connectivity index (χ0) is 36.8. The van der Waals surface area contributed by atoms with Crippen LogP contribution in [0.25, 0.3) is 0 Å². The van der Waals surface area contributed by atoms with Crippen molar-refractivity contribution in [1.82, 2.24) is 10.6 Å². The van der Waals surface area contributed by atoms with Crippen molar-refractivity contribution in [2.24, 2.45) is 50.2 Å². The van der Waals surface area contributed by atoms with Crippen LogP contribution in [0.15, 0.2) is 11.6 Å². The van der Waals surface area contributed by atoms with Crippen LogP contribution in [0.5, 0.6) is 0 Å². The van der Waals surface area contributed by atoms with Gasteiger partial charge in [0.15, 0.2) is 0 Å². The minimum absolute atomic E-state index is 0.0144. The summed E-state index contributed by atoms with van der Waals surface area (Å²) in [6.45, 7) is 17.8. The summed E-state index contributed by atoms with van der Waals surface area (Å²) in [5, 5.41) is 6.31. The van der Waals surface area contributed by atoms with Gasteiger partial charge in [-0.2, -0.15) is 0 Å². The van der Waals surface area contributed by atoms with E-state index in [1.54, 1.807) is 12.7 Å². The highest BCUT2D eigenvalue weighted by molar-refractivity contribution is 5.79. The number of ether oxygens (including phenoxy) is 2. The Morgan fingerprint density at radius 3 is 2.12 bits per heavy atom. The maximum atomic E-state index is 13.6. The van der Waals surface area contributed by atoms with Crippen LogP contribution in [-0.2, 0) is 28.7 Å². The first-order valence-corrected chi connectivity index (χ1v) is 19.8. The molecule has 0 aromatic heterocycles. The first kappa shape index (κ1) is 38.8. The molecule has 0 bridgehead atoms. The first-order valence-electron chi connectivity index (χ1n) is 19.8. The maximum absolute atomic E-state index is 13.6. The Kier molecular flexibility index (Phi) is 11.0. The second-order valence-corrected chi connectivity index (χ2v) is 19.1. The molecule has 8 heteroatoms. The number of amides is 2. The highest BCUT2D eigenvalue weighted by Gasteiger charge is 2.69. The highest BCUT2D eigenvalue weighted by atomic mass is 16.5. The van der Waals surface area contributed by atoms with Gasteiger partial charge in [0.25, 0.3) is 0 Å². The molecule has 50 heavy (non-hydrogen) atoms. The molecule has 8 nitrogen and oxygen atoms in total. The molecule has 0 aliphatic heterocycles. The quantitative estimate of drug-likeness (QED) is 0.128. The van der Waals surface area contributed by atoms with E-state index in [-0.39, 0.29) is 68.2 Å². The fourth-order valence-corrected chi connectivity index (χ4v) is 12.6. The number of hydrogen-bond acceptors (Lipinski definition) is 6. The van der Waals surface area contributed by atoms with E-state index in [4.69, 9.17) is 4.74 Å². The SMILES string of the molecule is COC(=O)CCCNC(=O)CCCCC(=O)N[C@H]1CC[C@@]2(C)C(CC[C@]3(C)C2CC=C2C4CC(C)(C)CC[C@]4(C(=O)OC)CC[C@]23C)C1(C)C. The Hall–Kier alpha value is -2.38. The standard InChI is InChI=1S/C42H68N2O6/c1-37(2)22-24-42(36(48)50-9)25-23-40(6)28(29(42)27-37)16-17-31-39(5)20-19-32(38(3,4)30(39)18-21-41(31,40)7)44-34(46)14-11-10-13-33(45)43-26-12-15-35(47)49-8/h16,29-32H,10-15,17-27H2,1-9H3,(H,43,45)(H,44,46)/t29?,30?,31?,32-,39-,40+,41+,42-/m0/s1. The minimum atomic E-state index is -0.378. The molecule has 2 N–H and O–H groups in total. The Bertz CT molecular complexity index is 1350. The summed E-state index contributed by atoms with van der Waals surface area (Å²) in [7, 11) is 2.95. The van der Waals surface area contributed by atoms with Crippen molar-refractivity contribution in [1.29, 1.82) is 0 Å². The number of hydrogen-bond donors (Lipinski definition) is 2. The topological polar surface area (TPSA) is 111 Å². The number of methoxy groups -OCH3 is 2. The highest BCUT2D eigenvalue weighted by Crippen LogP contribution is 2.75. The van der Waals surface area contributed by atoms with E-state index in [1.807, 2.05) is 0 Å². The summed E-state index contributed by atoms with van der Waals surface area (Å²) in [4.78, 5) is 50.2. The number of allylic oxidation sites excluding steroid dienone is 2. The second kappa shape index (κ2) is 14.2. The van der Waals surface area contributed by atoms with Crippen LogP contribution in [0, 0.1) is 50.2 Å². The van der Waals surface area contributed by atoms with Crippen molar-refractivity contribution in [2.45, 2.75) is 157 Å². The molecule has 5 rings (SSSR count). The smallest absolute Gasteiger partial charge is 0.312 e. The summed E-state index contributed by atoms with van der Waals surface area (Å²) in [5.41, 5.74) is 1.78. The van der Waals surface area contributed by atoms with Gasteiger partial charge < -0.3 is 20.1 Å². The molecule has 4 fully saturated rings. The van der Waals surface area contributed by atoms with Gasteiger partial charge in [0.05, 0.1) is 19.6 Å². The number of unbranched alkanes of at least 4 members (excludes halogenated alkanes) is 1. The molecule has 282 valence electrons. The van der Waals surface area contributed by atoms with Crippen LogP contribution in [0.3, 0.4) is 0 Å². The molecule has 5 aliphatic carbocycles. The molecule has 5 aliphatic rings. The van der Waals surface area contributed by atoms with Crippen molar-refractivity contribution in [3.63, 3.8) is 0 Å². The molecule has 0 spiro atoms. The molecule has 0 saturated heterocycles. The Labute approximate surface area is 302 Å². The molecule has 2 amide bonds. The molecule has 0 aromatic rings. The van der Waals surface area contributed by atoms with E-state index in [0.29, 0.717) is 56.9 Å². The summed E-state index contributed by atoms with van der Waals surface area (Å²) in [6.07, 6.45) is 16.2. The third kappa shape index (κ3) is 6.68. The predicted molar refractivity (Wildman–Crippen MR) is 196 cm³/mol. The molecular formula is C42H68N2O6. The lowest BCUT2D eigenvalue weighted by Gasteiger charge is -2.71. The molecular weight excluding hydrogens is 628 g/mol. The largest absolute Gasteiger partial charge is 0.469 e. The third-order valence-electron chi connectivity index (χ3n) is 15.8. The van der Waals surface area contributed by atoms with Crippen LogP contribution >= 0.6 is 0 Å². The lowest BCUT2D eigenvalue weighted by molar-refractivity contribution is -0.193. The average molecular weight is 697 g/mol. The zero-order valence-electron chi connectivity index (χ0n) is 32.9. The fraction of sp³-hybridized carbons (Fsp3) is 0.857. The maximum Gasteiger partial charge on any atom is 0.312 e. The predicted octanol–water partition coefficient (Wildman–Crippen LogP) is 8.08. The van der Waals surface area contributed by atoms with E-state index in [2.05, 4.69) is 69.9 Å². The van der Waals surface area contributed by atoms with Gasteiger partial charge in [0.1, 0.15) is 0 Å². The molecule has 0 radical (unpaired) electrons. The zero-order valence-corrected chi connectivity index (χ0v) is 32.9. The molecule has 8 atom stereocenters. The fourth-order valence-electron chi connectivity index (χ4n) is 12.6.